The minimum Gasteiger partial charge on any atom is -0.493 e. The summed E-state index contributed by atoms with van der Waals surface area (Å²) in [4.78, 5) is 65.0. The van der Waals surface area contributed by atoms with Gasteiger partial charge in [-0.3, -0.25) is 9.59 Å². The molecule has 49 heavy (non-hydrogen) atoms. The number of nitrogens with zero attached hydrogens (tertiary/aromatic N) is 1. The topological polar surface area (TPSA) is 184 Å². The number of rotatable bonds is 11. The molecule has 0 unspecified atom stereocenters. The summed E-state index contributed by atoms with van der Waals surface area (Å²) < 4.78 is 33.2. The van der Waals surface area contributed by atoms with E-state index in [-0.39, 0.29) is 23.8 Å². The van der Waals surface area contributed by atoms with Crippen molar-refractivity contribution < 1.29 is 62.6 Å². The lowest BCUT2D eigenvalue weighted by Gasteiger charge is -2.61. The van der Waals surface area contributed by atoms with E-state index in [0.717, 1.165) is 25.0 Å². The third kappa shape index (κ3) is 5.68. The molecule has 0 radical (unpaired) electrons. The highest BCUT2D eigenvalue weighted by Crippen LogP contribution is 2.65. The van der Waals surface area contributed by atoms with Gasteiger partial charge in [-0.2, -0.15) is 0 Å². The fraction of sp³-hybridized carbons (Fsp3) is 0.457. The van der Waals surface area contributed by atoms with Gasteiger partial charge in [-0.1, -0.05) is 36.4 Å². The number of likely N-dealkylation sites (tertiary alicyclic amines) is 1. The molecule has 1 fully saturated rings. The van der Waals surface area contributed by atoms with Crippen LogP contribution in [0.1, 0.15) is 55.9 Å². The van der Waals surface area contributed by atoms with Crippen LogP contribution in [-0.4, -0.2) is 95.6 Å². The molecule has 2 aliphatic carbocycles. The first-order valence-electron chi connectivity index (χ1n) is 15.9. The van der Waals surface area contributed by atoms with Crippen molar-refractivity contribution >= 4 is 29.8 Å². The third-order valence-corrected chi connectivity index (χ3v) is 9.90. The Bertz CT molecular complexity index is 1720. The van der Waals surface area contributed by atoms with Gasteiger partial charge in [-0.05, 0) is 51.1 Å². The van der Waals surface area contributed by atoms with Crippen molar-refractivity contribution in [1.82, 2.24) is 4.90 Å². The number of aliphatic carboxylic acids is 1. The summed E-state index contributed by atoms with van der Waals surface area (Å²) in [5.41, 5.74) is -0.143. The van der Waals surface area contributed by atoms with Gasteiger partial charge in [0.1, 0.15) is 5.76 Å². The molecular formula is C35H37NO13. The van der Waals surface area contributed by atoms with Crippen molar-refractivity contribution in [3.63, 3.8) is 0 Å². The molecule has 2 bridgehead atoms. The summed E-state index contributed by atoms with van der Waals surface area (Å²) in [6, 6.07) is 11.3. The molecule has 6 rings (SSSR count). The van der Waals surface area contributed by atoms with Gasteiger partial charge in [0.05, 0.1) is 24.5 Å². The minimum atomic E-state index is -1.81. The molecule has 1 spiro atoms. The van der Waals surface area contributed by atoms with Crippen LogP contribution in [0.15, 0.2) is 54.3 Å². The number of carbonyl (C=O) groups is 5. The van der Waals surface area contributed by atoms with Gasteiger partial charge in [0.2, 0.25) is 12.2 Å². The van der Waals surface area contributed by atoms with Crippen molar-refractivity contribution in [3.8, 4) is 11.5 Å². The van der Waals surface area contributed by atoms with Gasteiger partial charge in [-0.15, -0.1) is 0 Å². The lowest BCUT2D eigenvalue weighted by Crippen LogP contribution is -2.74. The van der Waals surface area contributed by atoms with Crippen molar-refractivity contribution in [3.05, 3.63) is 71.0 Å². The van der Waals surface area contributed by atoms with E-state index in [4.69, 9.17) is 28.4 Å². The van der Waals surface area contributed by atoms with E-state index in [0.29, 0.717) is 30.9 Å². The Hall–Kier alpha value is -4.95. The average Bonchev–Trinajstić information content (AvgIpc) is 3.42. The van der Waals surface area contributed by atoms with E-state index in [1.165, 1.54) is 19.2 Å². The molecule has 2 aliphatic heterocycles. The van der Waals surface area contributed by atoms with Crippen LogP contribution in [-0.2, 0) is 54.8 Å². The molecule has 2 heterocycles. The Morgan fingerprint density at radius 2 is 1.78 bits per heavy atom. The first-order chi connectivity index (χ1) is 23.3. The van der Waals surface area contributed by atoms with Crippen LogP contribution in [0.5, 0.6) is 11.5 Å². The smallest absolute Gasteiger partial charge is 0.349 e. The van der Waals surface area contributed by atoms with E-state index in [9.17, 15) is 34.2 Å². The van der Waals surface area contributed by atoms with Crippen LogP contribution >= 0.6 is 0 Å². The average molecular weight is 680 g/mol. The summed E-state index contributed by atoms with van der Waals surface area (Å²) in [5, 5.41) is 21.9. The number of hydrogen-bond donors (Lipinski definition) is 2. The summed E-state index contributed by atoms with van der Waals surface area (Å²) in [7, 11) is 3.49. The number of carbonyl (C=O) groups excluding carboxylic acids is 4. The quantitative estimate of drug-likeness (QED) is 0.260. The standard InChI is InChI=1S/C35H37NO13/c1-18(32(41)49-28(31(39)40)20-8-6-5-7-9-20)45-33(42)24(46-19(2)37)17-26(38)47-23-12-13-35(43)25-16-21-10-11-22(44-4)29-27(21)34(35,30(23)48-29)14-15-36(25)3/h5-12,18,24-25,28,30,43H,13-17H2,1-4H3,(H,39,40)/t18-,24-,25-,28-,30-,34-,35+/m0/s1. The van der Waals surface area contributed by atoms with E-state index in [1.54, 1.807) is 24.3 Å². The molecule has 4 aliphatic rings. The predicted octanol–water partition coefficient (Wildman–Crippen LogP) is 2.14. The number of hydrogen-bond acceptors (Lipinski definition) is 13. The molecule has 14 nitrogen and oxygen atoms in total. The Morgan fingerprint density at radius 1 is 1.04 bits per heavy atom. The van der Waals surface area contributed by atoms with Gasteiger partial charge < -0.3 is 43.5 Å². The number of ether oxygens (including phenoxy) is 6. The van der Waals surface area contributed by atoms with Crippen LogP contribution in [0.4, 0.5) is 0 Å². The van der Waals surface area contributed by atoms with Gasteiger partial charge in [-0.25, -0.2) is 14.4 Å². The lowest BCUT2D eigenvalue weighted by atomic mass is 9.50. The van der Waals surface area contributed by atoms with E-state index in [2.05, 4.69) is 4.90 Å². The second-order valence-electron chi connectivity index (χ2n) is 12.7. The summed E-state index contributed by atoms with van der Waals surface area (Å²) >= 11 is 0. The monoisotopic (exact) mass is 679 g/mol. The molecule has 14 heteroatoms. The maximum absolute atomic E-state index is 13.4. The van der Waals surface area contributed by atoms with Crippen LogP contribution < -0.4 is 9.47 Å². The summed E-state index contributed by atoms with van der Waals surface area (Å²) in [5.74, 6) is -4.64. The molecule has 2 N–H and O–H groups in total. The second kappa shape index (κ2) is 12.8. The molecular weight excluding hydrogens is 642 g/mol. The van der Waals surface area contributed by atoms with Crippen LogP contribution in [0.2, 0.25) is 0 Å². The molecule has 2 aromatic rings. The Labute approximate surface area is 281 Å². The Kier molecular flexibility index (Phi) is 8.88. The SMILES string of the molecule is COc1ccc2c3c1O[C@H]1C(OC(=O)C[C@H](OC(C)=O)C(=O)O[C@@H](C)C(=O)O[C@H](C(=O)O)c4ccccc4)=CC[C@@]4(O)[C@H](C2)N(C)CC[C@]314. The number of carboxylic acids is 1. The normalized spacial score (nSPS) is 26.4. The number of carboxylic acid groups (broad SMARTS) is 1. The highest BCUT2D eigenvalue weighted by atomic mass is 16.6. The van der Waals surface area contributed by atoms with Gasteiger partial charge in [0.25, 0.3) is 0 Å². The summed E-state index contributed by atoms with van der Waals surface area (Å²) in [6.07, 6.45) is -3.89. The molecule has 1 saturated heterocycles. The molecule has 260 valence electrons. The zero-order valence-corrected chi connectivity index (χ0v) is 27.4. The fourth-order valence-corrected chi connectivity index (χ4v) is 7.68. The number of likely N-dealkylation sites (N-methyl/N-ethyl adjacent to an activating group) is 1. The first-order valence-corrected chi connectivity index (χ1v) is 15.9. The maximum Gasteiger partial charge on any atom is 0.349 e. The third-order valence-electron chi connectivity index (χ3n) is 9.90. The highest BCUT2D eigenvalue weighted by Gasteiger charge is 2.72. The predicted molar refractivity (Wildman–Crippen MR) is 166 cm³/mol. The lowest BCUT2D eigenvalue weighted by molar-refractivity contribution is -0.184. The largest absolute Gasteiger partial charge is 0.493 e. The van der Waals surface area contributed by atoms with Crippen LogP contribution in [0, 0.1) is 0 Å². The highest BCUT2D eigenvalue weighted by molar-refractivity contribution is 5.87. The Balaban J connectivity index is 1.18. The Morgan fingerprint density at radius 3 is 2.45 bits per heavy atom. The second-order valence-corrected chi connectivity index (χ2v) is 12.7. The maximum atomic E-state index is 13.4. The number of esters is 4. The van der Waals surface area contributed by atoms with Crippen LogP contribution in [0.25, 0.3) is 0 Å². The van der Waals surface area contributed by atoms with Crippen molar-refractivity contribution in [2.45, 2.75) is 81.0 Å². The minimum absolute atomic E-state index is 0.136. The van der Waals surface area contributed by atoms with E-state index >= 15 is 0 Å². The zero-order valence-electron chi connectivity index (χ0n) is 27.4. The number of benzene rings is 2. The zero-order chi connectivity index (χ0) is 35.2. The van der Waals surface area contributed by atoms with Gasteiger partial charge in [0, 0.05) is 30.5 Å². The van der Waals surface area contributed by atoms with Crippen molar-refractivity contribution in [1.29, 1.82) is 0 Å². The molecule has 0 saturated carbocycles. The van der Waals surface area contributed by atoms with Crippen molar-refractivity contribution in [2.24, 2.45) is 0 Å². The molecule has 2 aromatic carbocycles. The van der Waals surface area contributed by atoms with Gasteiger partial charge >= 0.3 is 29.8 Å². The molecule has 0 amide bonds. The number of methoxy groups -OCH3 is 1. The van der Waals surface area contributed by atoms with Crippen LogP contribution in [0.3, 0.4) is 0 Å². The number of aliphatic hydroxyl groups is 1. The first kappa shape index (κ1) is 33.9. The van der Waals surface area contributed by atoms with Gasteiger partial charge in [0.15, 0.2) is 23.7 Å². The molecule has 7 atom stereocenters. The molecule has 0 aromatic heterocycles. The van der Waals surface area contributed by atoms with E-state index in [1.807, 2.05) is 19.2 Å². The van der Waals surface area contributed by atoms with Crippen molar-refractivity contribution in [2.75, 3.05) is 20.7 Å². The fourth-order valence-electron chi connectivity index (χ4n) is 7.68. The van der Waals surface area contributed by atoms with E-state index < -0.39 is 71.7 Å². The summed E-state index contributed by atoms with van der Waals surface area (Å²) in [6.45, 7) is 2.83. The number of piperidine rings is 1.